The van der Waals surface area contributed by atoms with E-state index in [9.17, 15) is 5.11 Å². The Hall–Kier alpha value is -0.340. The Balaban J connectivity index is 2.40. The van der Waals surface area contributed by atoms with Crippen LogP contribution in [0, 0.1) is 0 Å². The van der Waals surface area contributed by atoms with Crippen molar-refractivity contribution in [3.63, 3.8) is 0 Å². The van der Waals surface area contributed by atoms with Crippen molar-refractivity contribution >= 4 is 15.9 Å². The lowest BCUT2D eigenvalue weighted by molar-refractivity contribution is 0.0488. The van der Waals surface area contributed by atoms with E-state index in [1.807, 2.05) is 25.1 Å². The lowest BCUT2D eigenvalue weighted by Crippen LogP contribution is -2.25. The Labute approximate surface area is 94.3 Å². The van der Waals surface area contributed by atoms with Crippen LogP contribution in [0.1, 0.15) is 25.3 Å². The van der Waals surface area contributed by atoms with Gasteiger partial charge in [0.2, 0.25) is 0 Å². The summed E-state index contributed by atoms with van der Waals surface area (Å²) >= 11 is 3.35. The first-order valence-electron chi connectivity index (χ1n) is 4.96. The van der Waals surface area contributed by atoms with Gasteiger partial charge in [-0.2, -0.15) is 0 Å². The first kappa shape index (κ1) is 11.7. The van der Waals surface area contributed by atoms with E-state index in [-0.39, 0.29) is 0 Å². The summed E-state index contributed by atoms with van der Waals surface area (Å²) in [6.07, 6.45) is 2.57. The summed E-state index contributed by atoms with van der Waals surface area (Å²) in [6, 6.07) is 10.3. The fourth-order valence-corrected chi connectivity index (χ4v) is 2.24. The van der Waals surface area contributed by atoms with Gasteiger partial charge < -0.3 is 5.11 Å². The molecule has 0 bridgehead atoms. The van der Waals surface area contributed by atoms with E-state index in [1.165, 1.54) is 5.56 Å². The number of benzene rings is 1. The molecule has 0 amide bonds. The smallest absolute Gasteiger partial charge is 0.0630 e. The van der Waals surface area contributed by atoms with Gasteiger partial charge in [-0.15, -0.1) is 0 Å². The predicted octanol–water partition coefficient (Wildman–Crippen LogP) is 3.16. The summed E-state index contributed by atoms with van der Waals surface area (Å²) in [5.74, 6) is 0. The molecule has 0 fully saturated rings. The van der Waals surface area contributed by atoms with Gasteiger partial charge in [-0.05, 0) is 31.7 Å². The van der Waals surface area contributed by atoms with E-state index in [0.717, 1.165) is 24.6 Å². The second-order valence-electron chi connectivity index (χ2n) is 3.92. The molecule has 1 aromatic rings. The number of rotatable bonds is 5. The van der Waals surface area contributed by atoms with Crippen LogP contribution in [0.3, 0.4) is 0 Å². The average molecular weight is 257 g/mol. The SMILES string of the molecule is CC(O)(CCBr)CCc1ccccc1. The summed E-state index contributed by atoms with van der Waals surface area (Å²) in [5.41, 5.74) is 0.752. The van der Waals surface area contributed by atoms with Crippen LogP contribution in [0.4, 0.5) is 0 Å². The zero-order chi connectivity index (χ0) is 10.4. The van der Waals surface area contributed by atoms with Crippen molar-refractivity contribution in [3.8, 4) is 0 Å². The van der Waals surface area contributed by atoms with E-state index in [2.05, 4.69) is 28.1 Å². The second-order valence-corrected chi connectivity index (χ2v) is 4.71. The van der Waals surface area contributed by atoms with Crippen molar-refractivity contribution in [2.75, 3.05) is 5.33 Å². The number of hydrogen-bond donors (Lipinski definition) is 1. The molecule has 2 heteroatoms. The molecule has 1 aromatic carbocycles. The van der Waals surface area contributed by atoms with E-state index in [0.29, 0.717) is 0 Å². The lowest BCUT2D eigenvalue weighted by Gasteiger charge is -2.21. The van der Waals surface area contributed by atoms with Crippen LogP contribution in [0.2, 0.25) is 0 Å². The lowest BCUT2D eigenvalue weighted by atomic mass is 9.94. The zero-order valence-electron chi connectivity index (χ0n) is 8.54. The fourth-order valence-electron chi connectivity index (χ4n) is 1.39. The molecular formula is C12H17BrO. The quantitative estimate of drug-likeness (QED) is 0.803. The highest BCUT2D eigenvalue weighted by Crippen LogP contribution is 2.18. The topological polar surface area (TPSA) is 20.2 Å². The van der Waals surface area contributed by atoms with Crippen molar-refractivity contribution in [1.82, 2.24) is 0 Å². The summed E-state index contributed by atoms with van der Waals surface area (Å²) in [5, 5.41) is 10.8. The van der Waals surface area contributed by atoms with Gasteiger partial charge in [0, 0.05) is 5.33 Å². The molecule has 78 valence electrons. The molecule has 0 saturated heterocycles. The highest BCUT2D eigenvalue weighted by molar-refractivity contribution is 9.09. The third kappa shape index (κ3) is 4.25. The normalized spacial score (nSPS) is 15.1. The van der Waals surface area contributed by atoms with Crippen LogP contribution in [0.5, 0.6) is 0 Å². The first-order chi connectivity index (χ1) is 6.64. The van der Waals surface area contributed by atoms with Crippen molar-refractivity contribution in [2.24, 2.45) is 0 Å². The van der Waals surface area contributed by atoms with Crippen LogP contribution >= 0.6 is 15.9 Å². The minimum absolute atomic E-state index is 0.542. The fraction of sp³-hybridized carbons (Fsp3) is 0.500. The Morgan fingerprint density at radius 2 is 1.86 bits per heavy atom. The maximum Gasteiger partial charge on any atom is 0.0630 e. The van der Waals surface area contributed by atoms with Crippen molar-refractivity contribution in [1.29, 1.82) is 0 Å². The Bertz CT molecular complexity index is 256. The van der Waals surface area contributed by atoms with E-state index < -0.39 is 5.60 Å². The zero-order valence-corrected chi connectivity index (χ0v) is 10.1. The van der Waals surface area contributed by atoms with Crippen molar-refractivity contribution in [3.05, 3.63) is 35.9 Å². The van der Waals surface area contributed by atoms with E-state index in [4.69, 9.17) is 0 Å². The molecule has 0 radical (unpaired) electrons. The highest BCUT2D eigenvalue weighted by atomic mass is 79.9. The first-order valence-corrected chi connectivity index (χ1v) is 6.08. The molecule has 1 unspecified atom stereocenters. The molecule has 0 spiro atoms. The van der Waals surface area contributed by atoms with Gasteiger partial charge in [0.25, 0.3) is 0 Å². The molecule has 0 saturated carbocycles. The van der Waals surface area contributed by atoms with E-state index in [1.54, 1.807) is 0 Å². The maximum atomic E-state index is 9.95. The van der Waals surface area contributed by atoms with Gasteiger partial charge in [-0.1, -0.05) is 46.3 Å². The van der Waals surface area contributed by atoms with Crippen LogP contribution in [-0.4, -0.2) is 16.0 Å². The molecule has 1 atom stereocenters. The van der Waals surface area contributed by atoms with Gasteiger partial charge in [-0.25, -0.2) is 0 Å². The number of halogens is 1. The van der Waals surface area contributed by atoms with Crippen LogP contribution in [0.25, 0.3) is 0 Å². The van der Waals surface area contributed by atoms with Crippen LogP contribution < -0.4 is 0 Å². The molecule has 1 nitrogen and oxygen atoms in total. The van der Waals surface area contributed by atoms with Crippen molar-refractivity contribution < 1.29 is 5.11 Å². The van der Waals surface area contributed by atoms with Crippen molar-refractivity contribution in [2.45, 2.75) is 31.8 Å². The molecule has 1 N–H and O–H groups in total. The number of alkyl halides is 1. The van der Waals surface area contributed by atoms with Crippen LogP contribution in [-0.2, 0) is 6.42 Å². The largest absolute Gasteiger partial charge is 0.390 e. The molecule has 0 heterocycles. The molecular weight excluding hydrogens is 240 g/mol. The number of aliphatic hydroxyl groups is 1. The molecule has 0 aromatic heterocycles. The Kier molecular flexibility index (Phi) is 4.63. The monoisotopic (exact) mass is 256 g/mol. The third-order valence-electron chi connectivity index (χ3n) is 2.43. The maximum absolute atomic E-state index is 9.95. The number of hydrogen-bond acceptors (Lipinski definition) is 1. The molecule has 1 rings (SSSR count). The van der Waals surface area contributed by atoms with E-state index >= 15 is 0 Å². The minimum Gasteiger partial charge on any atom is -0.390 e. The van der Waals surface area contributed by atoms with Gasteiger partial charge in [0.1, 0.15) is 0 Å². The molecule has 0 aliphatic rings. The Morgan fingerprint density at radius 3 is 2.43 bits per heavy atom. The summed E-state index contributed by atoms with van der Waals surface area (Å²) < 4.78 is 0. The number of aryl methyl sites for hydroxylation is 1. The van der Waals surface area contributed by atoms with Gasteiger partial charge in [0.15, 0.2) is 0 Å². The van der Waals surface area contributed by atoms with Gasteiger partial charge >= 0.3 is 0 Å². The summed E-state index contributed by atoms with van der Waals surface area (Å²) in [6.45, 7) is 1.90. The summed E-state index contributed by atoms with van der Waals surface area (Å²) in [4.78, 5) is 0. The average Bonchev–Trinajstić information content (AvgIpc) is 2.17. The Morgan fingerprint density at radius 1 is 1.21 bits per heavy atom. The van der Waals surface area contributed by atoms with Gasteiger partial charge in [-0.3, -0.25) is 0 Å². The highest BCUT2D eigenvalue weighted by Gasteiger charge is 2.18. The predicted molar refractivity (Wildman–Crippen MR) is 63.8 cm³/mol. The minimum atomic E-state index is -0.542. The van der Waals surface area contributed by atoms with Gasteiger partial charge in [0.05, 0.1) is 5.60 Å². The molecule has 14 heavy (non-hydrogen) atoms. The standard InChI is InChI=1S/C12H17BrO/c1-12(14,9-10-13)8-7-11-5-3-2-4-6-11/h2-6,14H,7-10H2,1H3. The second kappa shape index (κ2) is 5.52. The van der Waals surface area contributed by atoms with Crippen LogP contribution in [0.15, 0.2) is 30.3 Å². The molecule has 0 aliphatic heterocycles. The third-order valence-corrected chi connectivity index (χ3v) is 2.82. The summed E-state index contributed by atoms with van der Waals surface area (Å²) in [7, 11) is 0. The molecule has 0 aliphatic carbocycles.